The molecule has 1 fully saturated rings. The van der Waals surface area contributed by atoms with Crippen molar-refractivity contribution in [1.29, 1.82) is 0 Å². The number of hydrogen-bond donors (Lipinski definition) is 4. The van der Waals surface area contributed by atoms with E-state index in [1.165, 1.54) is 0 Å². The smallest absolute Gasteiger partial charge is 0.119 e. The molecule has 0 radical (unpaired) electrons. The first-order valence-corrected chi connectivity index (χ1v) is 10.4. The zero-order valence-corrected chi connectivity index (χ0v) is 17.5. The predicted octanol–water partition coefficient (Wildman–Crippen LogP) is 1.45. The van der Waals surface area contributed by atoms with Gasteiger partial charge >= 0.3 is 0 Å². The molecule has 6 nitrogen and oxygen atoms in total. The van der Waals surface area contributed by atoms with Crippen LogP contribution in [0.3, 0.4) is 0 Å². The summed E-state index contributed by atoms with van der Waals surface area (Å²) in [6.07, 6.45) is 1.59. The van der Waals surface area contributed by atoms with Gasteiger partial charge in [-0.1, -0.05) is 35.9 Å². The average molecular weight is 424 g/mol. The number of aliphatic hydroxyl groups excluding tert-OH is 4. The number of aliphatic hydroxyl groups is 4. The maximum atomic E-state index is 10.6. The lowest BCUT2D eigenvalue weighted by Gasteiger charge is -2.49. The van der Waals surface area contributed by atoms with Crippen molar-refractivity contribution in [2.24, 2.45) is 5.92 Å². The second kappa shape index (κ2) is 9.60. The second-order valence-electron chi connectivity index (χ2n) is 7.78. The summed E-state index contributed by atoms with van der Waals surface area (Å²) in [5.41, 5.74) is 2.04. The minimum absolute atomic E-state index is 0.105. The number of benzene rings is 1. The summed E-state index contributed by atoms with van der Waals surface area (Å²) in [6, 6.07) is 6.79. The van der Waals surface area contributed by atoms with Gasteiger partial charge in [-0.15, -0.1) is 0 Å². The molecule has 1 aliphatic carbocycles. The average Bonchev–Trinajstić information content (AvgIpc) is 2.71. The third-order valence-electron chi connectivity index (χ3n) is 5.98. The monoisotopic (exact) mass is 423 g/mol. The van der Waals surface area contributed by atoms with Gasteiger partial charge in [0.15, 0.2) is 0 Å². The molecule has 2 aliphatic rings. The molecular weight excluding hydrogens is 394 g/mol. The largest absolute Gasteiger partial charge is 0.494 e. The van der Waals surface area contributed by atoms with Gasteiger partial charge in [0.2, 0.25) is 0 Å². The highest BCUT2D eigenvalue weighted by atomic mass is 35.5. The Balaban J connectivity index is 1.80. The Hall–Kier alpha value is -1.41. The van der Waals surface area contributed by atoms with E-state index in [1.807, 2.05) is 43.3 Å². The molecule has 1 aromatic carbocycles. The van der Waals surface area contributed by atoms with Gasteiger partial charge in [-0.05, 0) is 56.0 Å². The normalized spacial score (nSPS) is 33.2. The fourth-order valence-corrected chi connectivity index (χ4v) is 4.59. The van der Waals surface area contributed by atoms with Crippen molar-refractivity contribution in [1.82, 2.24) is 4.90 Å². The van der Waals surface area contributed by atoms with E-state index in [4.69, 9.17) is 16.3 Å². The Morgan fingerprint density at radius 1 is 1.10 bits per heavy atom. The molecule has 0 aromatic heterocycles. The van der Waals surface area contributed by atoms with Crippen molar-refractivity contribution in [3.05, 3.63) is 52.6 Å². The van der Waals surface area contributed by atoms with Crippen LogP contribution in [0.15, 0.2) is 47.0 Å². The Bertz CT molecular complexity index is 750. The standard InChI is InChI=1S/C22H30ClNO5/c1-3-29-16-7-4-13(5-8-16)10-15-11-14(6-9-17(15)23)19-21(27)22(28)20(26)18(12-25)24(19)2/h4-5,7-9,11,14,18-22,25-28H,3,6,10,12H2,1-2H3/t14?,18-,19+,20-,21+,22+/m1/s1. The third-order valence-corrected chi connectivity index (χ3v) is 6.38. The number of allylic oxidation sites excluding steroid dienone is 3. The molecule has 3 rings (SSSR count). The van der Waals surface area contributed by atoms with E-state index in [0.717, 1.165) is 16.9 Å². The zero-order valence-electron chi connectivity index (χ0n) is 16.8. The summed E-state index contributed by atoms with van der Waals surface area (Å²) >= 11 is 6.46. The van der Waals surface area contributed by atoms with Crippen LogP contribution in [0.2, 0.25) is 0 Å². The van der Waals surface area contributed by atoms with Gasteiger partial charge in [0.1, 0.15) is 18.0 Å². The van der Waals surface area contributed by atoms with Gasteiger partial charge < -0.3 is 25.2 Å². The van der Waals surface area contributed by atoms with E-state index in [-0.39, 0.29) is 12.5 Å². The Labute approximate surface area is 176 Å². The summed E-state index contributed by atoms with van der Waals surface area (Å²) in [7, 11) is 1.75. The molecule has 160 valence electrons. The zero-order chi connectivity index (χ0) is 21.1. The lowest BCUT2D eigenvalue weighted by molar-refractivity contribution is -0.171. The van der Waals surface area contributed by atoms with Crippen molar-refractivity contribution >= 4 is 11.6 Å². The van der Waals surface area contributed by atoms with Crippen LogP contribution in [0.25, 0.3) is 0 Å². The van der Waals surface area contributed by atoms with Crippen molar-refractivity contribution in [2.45, 2.75) is 50.2 Å². The van der Waals surface area contributed by atoms with Crippen LogP contribution in [0.1, 0.15) is 18.9 Å². The molecule has 1 unspecified atom stereocenters. The van der Waals surface area contributed by atoms with Gasteiger partial charge in [0.25, 0.3) is 0 Å². The van der Waals surface area contributed by atoms with Gasteiger partial charge in [-0.25, -0.2) is 0 Å². The first-order valence-electron chi connectivity index (χ1n) is 10.0. The Kier molecular flexibility index (Phi) is 7.37. The van der Waals surface area contributed by atoms with Crippen molar-refractivity contribution in [3.8, 4) is 5.75 Å². The lowest BCUT2D eigenvalue weighted by atomic mass is 9.78. The van der Waals surface area contributed by atoms with E-state index in [1.54, 1.807) is 11.9 Å². The highest BCUT2D eigenvalue weighted by Gasteiger charge is 2.48. The predicted molar refractivity (Wildman–Crippen MR) is 112 cm³/mol. The molecule has 4 N–H and O–H groups in total. The molecule has 1 saturated heterocycles. The topological polar surface area (TPSA) is 93.4 Å². The third kappa shape index (κ3) is 4.68. The summed E-state index contributed by atoms with van der Waals surface area (Å²) in [6.45, 7) is 2.26. The molecule has 6 atom stereocenters. The minimum Gasteiger partial charge on any atom is -0.494 e. The lowest BCUT2D eigenvalue weighted by Crippen LogP contribution is -2.67. The van der Waals surface area contributed by atoms with Crippen LogP contribution in [0.4, 0.5) is 0 Å². The van der Waals surface area contributed by atoms with E-state index >= 15 is 0 Å². The highest BCUT2D eigenvalue weighted by molar-refractivity contribution is 6.32. The van der Waals surface area contributed by atoms with Crippen molar-refractivity contribution in [2.75, 3.05) is 20.3 Å². The maximum absolute atomic E-state index is 10.6. The molecule has 1 aliphatic heterocycles. The number of likely N-dealkylation sites (N-methyl/N-ethyl adjacent to an activating group) is 1. The fourth-order valence-electron chi connectivity index (χ4n) is 4.37. The van der Waals surface area contributed by atoms with Crippen molar-refractivity contribution < 1.29 is 25.2 Å². The number of piperidine rings is 1. The van der Waals surface area contributed by atoms with E-state index in [0.29, 0.717) is 24.5 Å². The molecule has 1 aromatic rings. The van der Waals surface area contributed by atoms with Crippen LogP contribution in [-0.4, -0.2) is 76.0 Å². The van der Waals surface area contributed by atoms with Crippen molar-refractivity contribution in [3.63, 3.8) is 0 Å². The van der Waals surface area contributed by atoms with Gasteiger partial charge in [-0.3, -0.25) is 4.90 Å². The van der Waals surface area contributed by atoms with Gasteiger partial charge in [0.05, 0.1) is 25.4 Å². The first kappa shape index (κ1) is 22.3. The Morgan fingerprint density at radius 2 is 1.79 bits per heavy atom. The van der Waals surface area contributed by atoms with E-state index in [9.17, 15) is 20.4 Å². The number of ether oxygens (including phenoxy) is 1. The van der Waals surface area contributed by atoms with E-state index in [2.05, 4.69) is 0 Å². The molecule has 7 heteroatoms. The quantitative estimate of drug-likeness (QED) is 0.553. The maximum Gasteiger partial charge on any atom is 0.119 e. The number of halogens is 1. The SMILES string of the molecule is CCOc1ccc(CC2=CC([C@H]3[C@H](O)[C@@H](O)[C@H](O)[C@@H](CO)N3C)CC=C2Cl)cc1. The summed E-state index contributed by atoms with van der Waals surface area (Å²) in [4.78, 5) is 1.77. The number of rotatable bonds is 6. The van der Waals surface area contributed by atoms with Crippen LogP contribution in [0.5, 0.6) is 5.75 Å². The molecule has 0 bridgehead atoms. The Morgan fingerprint density at radius 3 is 2.41 bits per heavy atom. The highest BCUT2D eigenvalue weighted by Crippen LogP contribution is 2.36. The fraction of sp³-hybridized carbons (Fsp3) is 0.545. The molecule has 0 saturated carbocycles. The number of hydrogen-bond acceptors (Lipinski definition) is 6. The molecule has 0 amide bonds. The molecular formula is C22H30ClNO5. The first-order chi connectivity index (χ1) is 13.9. The summed E-state index contributed by atoms with van der Waals surface area (Å²) in [5, 5.41) is 41.4. The van der Waals surface area contributed by atoms with Gasteiger partial charge in [-0.2, -0.15) is 0 Å². The number of likely N-dealkylation sites (tertiary alicyclic amines) is 1. The molecule has 29 heavy (non-hydrogen) atoms. The second-order valence-corrected chi connectivity index (χ2v) is 8.18. The van der Waals surface area contributed by atoms with E-state index < -0.39 is 30.4 Å². The number of nitrogens with zero attached hydrogens (tertiary/aromatic N) is 1. The summed E-state index contributed by atoms with van der Waals surface area (Å²) < 4.78 is 5.48. The van der Waals surface area contributed by atoms with Crippen LogP contribution < -0.4 is 4.74 Å². The van der Waals surface area contributed by atoms with Gasteiger partial charge in [0, 0.05) is 11.1 Å². The minimum atomic E-state index is -1.31. The van der Waals surface area contributed by atoms with Crippen LogP contribution >= 0.6 is 11.6 Å². The van der Waals surface area contributed by atoms with Crippen LogP contribution in [0, 0.1) is 5.92 Å². The summed E-state index contributed by atoms with van der Waals surface area (Å²) in [5.74, 6) is 0.717. The molecule has 1 heterocycles. The van der Waals surface area contributed by atoms with Crippen LogP contribution in [-0.2, 0) is 6.42 Å². The molecule has 0 spiro atoms.